The highest BCUT2D eigenvalue weighted by atomic mass is 32.2. The third kappa shape index (κ3) is 6.87. The number of rotatable bonds is 6. The van der Waals surface area contributed by atoms with Gasteiger partial charge in [0.15, 0.2) is 5.82 Å². The van der Waals surface area contributed by atoms with Gasteiger partial charge in [-0.05, 0) is 68.8 Å². The second-order valence-electron chi connectivity index (χ2n) is 8.90. The summed E-state index contributed by atoms with van der Waals surface area (Å²) in [5, 5.41) is 1.39. The highest BCUT2D eigenvalue weighted by Crippen LogP contribution is 2.28. The van der Waals surface area contributed by atoms with Gasteiger partial charge in [-0.1, -0.05) is 19.4 Å². The minimum absolute atomic E-state index is 0.0369. The molecule has 1 fully saturated rings. The number of piperidine rings is 1. The number of ether oxygens (including phenoxy) is 1. The highest BCUT2D eigenvalue weighted by molar-refractivity contribution is 8.26. The smallest absolute Gasteiger partial charge is 0.252 e. The van der Waals surface area contributed by atoms with Crippen LogP contribution in [0.3, 0.4) is 0 Å². The molecule has 2 aromatic heterocycles. The lowest BCUT2D eigenvalue weighted by Crippen LogP contribution is -2.39. The van der Waals surface area contributed by atoms with Crippen molar-refractivity contribution in [2.75, 3.05) is 24.5 Å². The first kappa shape index (κ1) is 25.3. The molecule has 0 N–H and O–H groups in total. The van der Waals surface area contributed by atoms with Crippen LogP contribution >= 0.6 is 11.8 Å². The summed E-state index contributed by atoms with van der Waals surface area (Å²) in [7, 11) is 0. The molecule has 7 nitrogen and oxygen atoms in total. The van der Waals surface area contributed by atoms with Gasteiger partial charge in [0.2, 0.25) is 5.95 Å². The molecule has 0 aliphatic carbocycles. The lowest BCUT2D eigenvalue weighted by atomic mass is 9.92. The molecule has 4 heterocycles. The lowest BCUT2D eigenvalue weighted by Gasteiger charge is -2.34. The molecule has 2 aliphatic heterocycles. The van der Waals surface area contributed by atoms with E-state index >= 15 is 0 Å². The van der Waals surface area contributed by atoms with Crippen LogP contribution in [-0.2, 0) is 11.2 Å². The normalized spacial score (nSPS) is 23.0. The van der Waals surface area contributed by atoms with Crippen LogP contribution in [0.15, 0.2) is 46.9 Å². The number of hydrogen-bond acceptors (Lipinski definition) is 8. The van der Waals surface area contributed by atoms with Crippen LogP contribution in [0, 0.1) is 11.7 Å². The number of thioether (sulfide) groups is 1. The fraction of sp³-hybridized carbons (Fsp3) is 0.500. The lowest BCUT2D eigenvalue weighted by molar-refractivity contribution is 0.126. The van der Waals surface area contributed by atoms with Gasteiger partial charge in [0.25, 0.3) is 5.23 Å². The zero-order valence-corrected chi connectivity index (χ0v) is 21.5. The first-order valence-electron chi connectivity index (χ1n) is 12.3. The SMILES string of the molecule is CCCc1cnc(N2CCC([C@H](C)O/C3=N/CC/C=C(c4ccncc4F)\N=C(/C)S3)CC2)nc1. The number of hydrogen-bond donors (Lipinski definition) is 0. The van der Waals surface area contributed by atoms with Crippen molar-refractivity contribution in [2.24, 2.45) is 15.9 Å². The Morgan fingerprint density at radius 3 is 2.69 bits per heavy atom. The van der Waals surface area contributed by atoms with Gasteiger partial charge in [-0.2, -0.15) is 0 Å². The topological polar surface area (TPSA) is 75.9 Å². The number of halogens is 1. The summed E-state index contributed by atoms with van der Waals surface area (Å²) in [6, 6.07) is 1.65. The number of aromatic nitrogens is 3. The maximum Gasteiger partial charge on any atom is 0.252 e. The Labute approximate surface area is 211 Å². The van der Waals surface area contributed by atoms with E-state index in [1.54, 1.807) is 12.3 Å². The second-order valence-corrected chi connectivity index (χ2v) is 10.0. The van der Waals surface area contributed by atoms with E-state index in [4.69, 9.17) is 4.74 Å². The number of aliphatic imine (C=N–C) groups is 2. The van der Waals surface area contributed by atoms with E-state index in [0.29, 0.717) is 35.4 Å². The average molecular weight is 497 g/mol. The summed E-state index contributed by atoms with van der Waals surface area (Å²) in [5.74, 6) is 0.867. The summed E-state index contributed by atoms with van der Waals surface area (Å²) in [6.07, 6.45) is 13.4. The Morgan fingerprint density at radius 1 is 1.20 bits per heavy atom. The van der Waals surface area contributed by atoms with Crippen molar-refractivity contribution in [1.29, 1.82) is 0 Å². The van der Waals surface area contributed by atoms with Gasteiger partial charge >= 0.3 is 0 Å². The second kappa shape index (κ2) is 12.2. The molecule has 186 valence electrons. The van der Waals surface area contributed by atoms with Gasteiger partial charge in [0.05, 0.1) is 16.9 Å². The molecule has 2 aliphatic rings. The van der Waals surface area contributed by atoms with Crippen LogP contribution in [0.4, 0.5) is 10.3 Å². The van der Waals surface area contributed by atoms with Crippen LogP contribution in [0.1, 0.15) is 57.6 Å². The molecule has 0 unspecified atom stereocenters. The van der Waals surface area contributed by atoms with Crippen molar-refractivity contribution in [3.05, 3.63) is 53.9 Å². The van der Waals surface area contributed by atoms with E-state index in [1.165, 1.54) is 23.5 Å². The summed E-state index contributed by atoms with van der Waals surface area (Å²) in [5.41, 5.74) is 2.25. The number of anilines is 1. The van der Waals surface area contributed by atoms with Crippen molar-refractivity contribution in [3.8, 4) is 0 Å². The Kier molecular flexibility index (Phi) is 8.84. The molecule has 0 amide bonds. The quantitative estimate of drug-likeness (QED) is 0.523. The van der Waals surface area contributed by atoms with Crippen molar-refractivity contribution < 1.29 is 9.13 Å². The Balaban J connectivity index is 1.32. The molecule has 0 spiro atoms. The zero-order valence-electron chi connectivity index (χ0n) is 20.7. The van der Waals surface area contributed by atoms with Gasteiger partial charge in [0, 0.05) is 43.8 Å². The molecule has 0 radical (unpaired) electrons. The summed E-state index contributed by atoms with van der Waals surface area (Å²) in [4.78, 5) is 24.5. The molecule has 9 heteroatoms. The van der Waals surface area contributed by atoms with Gasteiger partial charge < -0.3 is 9.64 Å². The molecular weight excluding hydrogens is 463 g/mol. The van der Waals surface area contributed by atoms with E-state index in [2.05, 4.69) is 43.7 Å². The van der Waals surface area contributed by atoms with Crippen molar-refractivity contribution in [1.82, 2.24) is 15.0 Å². The predicted octanol–water partition coefficient (Wildman–Crippen LogP) is 5.54. The maximum absolute atomic E-state index is 14.2. The zero-order chi connectivity index (χ0) is 24.6. The Morgan fingerprint density at radius 2 is 1.97 bits per heavy atom. The molecule has 2 aromatic rings. The summed E-state index contributed by atoms with van der Waals surface area (Å²) >= 11 is 1.40. The van der Waals surface area contributed by atoms with Crippen LogP contribution < -0.4 is 4.90 Å². The van der Waals surface area contributed by atoms with Gasteiger partial charge in [-0.25, -0.2) is 24.3 Å². The molecule has 35 heavy (non-hydrogen) atoms. The maximum atomic E-state index is 14.2. The van der Waals surface area contributed by atoms with E-state index in [0.717, 1.165) is 49.8 Å². The molecule has 0 bridgehead atoms. The van der Waals surface area contributed by atoms with Crippen LogP contribution in [0.2, 0.25) is 0 Å². The fourth-order valence-corrected chi connectivity index (χ4v) is 5.07. The Hall–Kier alpha value is -2.81. The summed E-state index contributed by atoms with van der Waals surface area (Å²) < 4.78 is 20.5. The standard InChI is InChI=1S/C26H33FN6OS/c1-4-6-20-15-30-25(31-16-20)33-13-9-21(10-14-33)18(2)34-26-29-11-5-7-24(32-19(3)35-26)22-8-12-28-17-23(22)27/h7-8,12,15-18,21H,4-6,9-11,13-14H2,1-3H3/b24-7-,29-26-,32-19+/t18-/m0/s1. The first-order chi connectivity index (χ1) is 17.0. The monoisotopic (exact) mass is 496 g/mol. The van der Waals surface area contributed by atoms with Gasteiger partial charge in [0.1, 0.15) is 6.10 Å². The number of aryl methyl sites for hydroxylation is 1. The van der Waals surface area contributed by atoms with E-state index in [-0.39, 0.29) is 11.9 Å². The minimum atomic E-state index is -0.376. The fourth-order valence-electron chi connectivity index (χ4n) is 4.32. The molecular formula is C26H33FN6OS. The molecule has 0 saturated carbocycles. The summed E-state index contributed by atoms with van der Waals surface area (Å²) in [6.45, 7) is 8.58. The number of pyridine rings is 1. The first-order valence-corrected chi connectivity index (χ1v) is 13.1. The van der Waals surface area contributed by atoms with E-state index < -0.39 is 0 Å². The molecule has 1 saturated heterocycles. The van der Waals surface area contributed by atoms with Crippen LogP contribution in [-0.4, -0.2) is 51.0 Å². The van der Waals surface area contributed by atoms with Crippen molar-refractivity contribution in [3.63, 3.8) is 0 Å². The minimum Gasteiger partial charge on any atom is -0.469 e. The van der Waals surface area contributed by atoms with Crippen LogP contribution in [0.25, 0.3) is 5.70 Å². The van der Waals surface area contributed by atoms with Crippen molar-refractivity contribution >= 4 is 33.7 Å². The average Bonchev–Trinajstić information content (AvgIpc) is 2.95. The molecule has 1 atom stereocenters. The number of nitrogens with zero attached hydrogens (tertiary/aromatic N) is 6. The van der Waals surface area contributed by atoms with E-state index in [9.17, 15) is 4.39 Å². The van der Waals surface area contributed by atoms with Gasteiger partial charge in [-0.3, -0.25) is 4.98 Å². The predicted molar refractivity (Wildman–Crippen MR) is 141 cm³/mol. The third-order valence-electron chi connectivity index (χ3n) is 6.27. The van der Waals surface area contributed by atoms with Crippen molar-refractivity contribution in [2.45, 2.75) is 59.0 Å². The van der Waals surface area contributed by atoms with Gasteiger partial charge in [-0.15, -0.1) is 0 Å². The van der Waals surface area contributed by atoms with Crippen LogP contribution in [0.5, 0.6) is 0 Å². The molecule has 4 rings (SSSR count). The third-order valence-corrected chi connectivity index (χ3v) is 7.06. The highest BCUT2D eigenvalue weighted by Gasteiger charge is 2.27. The van der Waals surface area contributed by atoms with E-state index in [1.807, 2.05) is 25.4 Å². The largest absolute Gasteiger partial charge is 0.469 e. The molecule has 0 aromatic carbocycles. The Bertz CT molecular complexity index is 1080.